The van der Waals surface area contributed by atoms with Gasteiger partial charge in [0.1, 0.15) is 6.10 Å². The van der Waals surface area contributed by atoms with Crippen LogP contribution in [0, 0.1) is 5.92 Å². The van der Waals surface area contributed by atoms with Crippen molar-refractivity contribution in [3.63, 3.8) is 0 Å². The molecule has 1 saturated carbocycles. The number of pyridine rings is 1. The van der Waals surface area contributed by atoms with Gasteiger partial charge in [-0.05, 0) is 50.2 Å². The molecular formula is C18H25N3O2. The normalized spacial score (nSPS) is 30.9. The Hall–Kier alpha value is -1.46. The Balaban J connectivity index is 1.30. The van der Waals surface area contributed by atoms with E-state index >= 15 is 0 Å². The standard InChI is InChI=1S/C18H25N3O2/c22-18(20-11-13-4-5-13)17-7-6-15-16(23-17)8-10-21(15)12-14-3-1-2-9-19-14/h1-3,9,13,15-17H,4-8,10-12H2,(H,20,22)/t15-,16-,17-/m0/s1. The monoisotopic (exact) mass is 315 g/mol. The van der Waals surface area contributed by atoms with Gasteiger partial charge in [0, 0.05) is 31.9 Å². The maximum Gasteiger partial charge on any atom is 0.249 e. The fourth-order valence-electron chi connectivity index (χ4n) is 3.78. The van der Waals surface area contributed by atoms with Crippen molar-refractivity contribution in [3.05, 3.63) is 30.1 Å². The van der Waals surface area contributed by atoms with Crippen LogP contribution in [-0.2, 0) is 16.1 Å². The van der Waals surface area contributed by atoms with Crippen molar-refractivity contribution in [1.82, 2.24) is 15.2 Å². The number of nitrogens with zero attached hydrogens (tertiary/aromatic N) is 2. The molecule has 1 aromatic heterocycles. The molecule has 2 aliphatic heterocycles. The number of likely N-dealkylation sites (tertiary alicyclic amines) is 1. The van der Waals surface area contributed by atoms with Crippen LogP contribution < -0.4 is 5.32 Å². The first-order chi connectivity index (χ1) is 11.3. The summed E-state index contributed by atoms with van der Waals surface area (Å²) in [6.07, 6.45) is 7.21. The van der Waals surface area contributed by atoms with Crippen molar-refractivity contribution in [2.24, 2.45) is 5.92 Å². The van der Waals surface area contributed by atoms with Crippen LogP contribution in [-0.4, -0.2) is 47.1 Å². The Morgan fingerprint density at radius 3 is 2.96 bits per heavy atom. The second kappa shape index (κ2) is 6.57. The largest absolute Gasteiger partial charge is 0.363 e. The minimum Gasteiger partial charge on any atom is -0.363 e. The molecule has 0 spiro atoms. The molecule has 3 heterocycles. The van der Waals surface area contributed by atoms with E-state index in [9.17, 15) is 4.79 Å². The van der Waals surface area contributed by atoms with E-state index in [1.54, 1.807) is 0 Å². The molecule has 0 unspecified atom stereocenters. The molecule has 124 valence electrons. The average molecular weight is 315 g/mol. The van der Waals surface area contributed by atoms with Gasteiger partial charge in [-0.15, -0.1) is 0 Å². The smallest absolute Gasteiger partial charge is 0.249 e. The first-order valence-electron chi connectivity index (χ1n) is 8.87. The third-order valence-electron chi connectivity index (χ3n) is 5.31. The zero-order valence-corrected chi connectivity index (χ0v) is 13.5. The molecule has 0 aromatic carbocycles. The summed E-state index contributed by atoms with van der Waals surface area (Å²) >= 11 is 0. The Morgan fingerprint density at radius 2 is 2.17 bits per heavy atom. The second-order valence-corrected chi connectivity index (χ2v) is 7.08. The number of ether oxygens (including phenoxy) is 1. The van der Waals surface area contributed by atoms with Crippen LogP contribution in [0.25, 0.3) is 0 Å². The highest BCUT2D eigenvalue weighted by Crippen LogP contribution is 2.32. The topological polar surface area (TPSA) is 54.5 Å². The zero-order valence-electron chi connectivity index (χ0n) is 13.5. The van der Waals surface area contributed by atoms with Crippen molar-refractivity contribution in [3.8, 4) is 0 Å². The van der Waals surface area contributed by atoms with Crippen LogP contribution >= 0.6 is 0 Å². The predicted octanol–water partition coefficient (Wildman–Crippen LogP) is 1.73. The fraction of sp³-hybridized carbons (Fsp3) is 0.667. The molecule has 5 nitrogen and oxygen atoms in total. The van der Waals surface area contributed by atoms with Gasteiger partial charge < -0.3 is 10.1 Å². The van der Waals surface area contributed by atoms with Crippen LogP contribution in [0.5, 0.6) is 0 Å². The molecule has 3 aliphatic rings. The lowest BCUT2D eigenvalue weighted by atomic mass is 9.98. The molecule has 5 heteroatoms. The van der Waals surface area contributed by atoms with E-state index in [2.05, 4.69) is 21.3 Å². The zero-order chi connectivity index (χ0) is 15.6. The van der Waals surface area contributed by atoms with E-state index in [4.69, 9.17) is 4.74 Å². The lowest BCUT2D eigenvalue weighted by molar-refractivity contribution is -0.144. The molecule has 0 bridgehead atoms. The van der Waals surface area contributed by atoms with Gasteiger partial charge in [0.05, 0.1) is 11.8 Å². The van der Waals surface area contributed by atoms with Crippen LogP contribution in [0.1, 0.15) is 37.8 Å². The number of hydrogen-bond donors (Lipinski definition) is 1. The van der Waals surface area contributed by atoms with Crippen LogP contribution in [0.4, 0.5) is 0 Å². The third-order valence-corrected chi connectivity index (χ3v) is 5.31. The number of aromatic nitrogens is 1. The van der Waals surface area contributed by atoms with Gasteiger partial charge >= 0.3 is 0 Å². The molecule has 4 rings (SSSR count). The van der Waals surface area contributed by atoms with E-state index in [-0.39, 0.29) is 18.1 Å². The van der Waals surface area contributed by atoms with Crippen molar-refractivity contribution in [2.75, 3.05) is 13.1 Å². The number of amides is 1. The predicted molar refractivity (Wildman–Crippen MR) is 86.7 cm³/mol. The number of hydrogen-bond acceptors (Lipinski definition) is 4. The van der Waals surface area contributed by atoms with Gasteiger partial charge in [-0.1, -0.05) is 6.07 Å². The summed E-state index contributed by atoms with van der Waals surface area (Å²) in [4.78, 5) is 19.1. The third kappa shape index (κ3) is 3.56. The van der Waals surface area contributed by atoms with Crippen molar-refractivity contribution in [2.45, 2.75) is 56.9 Å². The summed E-state index contributed by atoms with van der Waals surface area (Å²) in [6.45, 7) is 2.74. The van der Waals surface area contributed by atoms with E-state index in [0.29, 0.717) is 6.04 Å². The fourth-order valence-corrected chi connectivity index (χ4v) is 3.78. The van der Waals surface area contributed by atoms with Gasteiger partial charge in [-0.3, -0.25) is 14.7 Å². The SMILES string of the molecule is O=C(NCC1CC1)[C@@H]1CC[C@H]2[C@H](CCN2Cc2ccccn2)O1. The van der Waals surface area contributed by atoms with Gasteiger partial charge in [0.25, 0.3) is 0 Å². The quantitative estimate of drug-likeness (QED) is 0.899. The highest BCUT2D eigenvalue weighted by atomic mass is 16.5. The van der Waals surface area contributed by atoms with E-state index < -0.39 is 0 Å². The van der Waals surface area contributed by atoms with E-state index in [0.717, 1.165) is 50.5 Å². The lowest BCUT2D eigenvalue weighted by Crippen LogP contribution is -2.48. The van der Waals surface area contributed by atoms with Crippen LogP contribution in [0.3, 0.4) is 0 Å². The van der Waals surface area contributed by atoms with Crippen molar-refractivity contribution < 1.29 is 9.53 Å². The Morgan fingerprint density at radius 1 is 1.26 bits per heavy atom. The number of nitrogens with one attached hydrogen (secondary N) is 1. The molecule has 0 radical (unpaired) electrons. The van der Waals surface area contributed by atoms with Crippen LogP contribution in [0.15, 0.2) is 24.4 Å². The maximum absolute atomic E-state index is 12.2. The Bertz CT molecular complexity index is 546. The lowest BCUT2D eigenvalue weighted by Gasteiger charge is -2.35. The average Bonchev–Trinajstić information content (AvgIpc) is 3.34. The number of rotatable bonds is 5. The molecule has 23 heavy (non-hydrogen) atoms. The first kappa shape index (κ1) is 15.1. The Labute approximate surface area is 137 Å². The summed E-state index contributed by atoms with van der Waals surface area (Å²) in [5.41, 5.74) is 1.11. The second-order valence-electron chi connectivity index (χ2n) is 7.08. The van der Waals surface area contributed by atoms with E-state index in [1.807, 2.05) is 18.3 Å². The molecule has 3 atom stereocenters. The molecule has 1 amide bonds. The molecule has 1 aromatic rings. The first-order valence-corrected chi connectivity index (χ1v) is 8.87. The number of carbonyl (C=O) groups excluding carboxylic acids is 1. The minimum atomic E-state index is -0.246. The van der Waals surface area contributed by atoms with Gasteiger partial charge in [-0.25, -0.2) is 0 Å². The maximum atomic E-state index is 12.2. The highest BCUT2D eigenvalue weighted by molar-refractivity contribution is 5.80. The molecule has 2 saturated heterocycles. The van der Waals surface area contributed by atoms with E-state index in [1.165, 1.54) is 12.8 Å². The summed E-state index contributed by atoms with van der Waals surface area (Å²) in [6, 6.07) is 6.49. The van der Waals surface area contributed by atoms with Gasteiger partial charge in [0.2, 0.25) is 5.91 Å². The number of carbonyl (C=O) groups is 1. The molecule has 3 fully saturated rings. The molecule has 1 N–H and O–H groups in total. The van der Waals surface area contributed by atoms with Crippen molar-refractivity contribution in [1.29, 1.82) is 0 Å². The minimum absolute atomic E-state index is 0.0959. The van der Waals surface area contributed by atoms with Gasteiger partial charge in [0.15, 0.2) is 0 Å². The van der Waals surface area contributed by atoms with Gasteiger partial charge in [-0.2, -0.15) is 0 Å². The van der Waals surface area contributed by atoms with Crippen LogP contribution in [0.2, 0.25) is 0 Å². The summed E-state index contributed by atoms with van der Waals surface area (Å²) in [7, 11) is 0. The summed E-state index contributed by atoms with van der Waals surface area (Å²) < 4.78 is 6.12. The molecule has 1 aliphatic carbocycles. The van der Waals surface area contributed by atoms with Crippen molar-refractivity contribution >= 4 is 5.91 Å². The molecular weight excluding hydrogens is 290 g/mol. The summed E-state index contributed by atoms with van der Waals surface area (Å²) in [5, 5.41) is 3.06. The Kier molecular flexibility index (Phi) is 4.31. The number of fused-ring (bicyclic) bond motifs is 1. The highest BCUT2D eigenvalue weighted by Gasteiger charge is 2.41. The summed E-state index contributed by atoms with van der Waals surface area (Å²) in [5.74, 6) is 0.814.